The van der Waals surface area contributed by atoms with E-state index in [1.165, 1.54) is 6.42 Å². The topological polar surface area (TPSA) is 63.6 Å². The number of hydrogen-bond acceptors (Lipinski definition) is 3. The van der Waals surface area contributed by atoms with Gasteiger partial charge in [0.25, 0.3) is 0 Å². The zero-order valence-electron chi connectivity index (χ0n) is 9.96. The molecule has 0 saturated heterocycles. The van der Waals surface area contributed by atoms with E-state index in [0.717, 1.165) is 37.3 Å². The third-order valence-electron chi connectivity index (χ3n) is 4.13. The van der Waals surface area contributed by atoms with Gasteiger partial charge in [0.1, 0.15) is 6.10 Å². The molecule has 0 spiro atoms. The van der Waals surface area contributed by atoms with Crippen LogP contribution in [-0.2, 0) is 14.3 Å². The molecule has 4 atom stereocenters. The lowest BCUT2D eigenvalue weighted by Crippen LogP contribution is -2.22. The number of esters is 1. The third-order valence-corrected chi connectivity index (χ3v) is 4.13. The highest BCUT2D eigenvalue weighted by Gasteiger charge is 2.44. The maximum atomic E-state index is 11.4. The quantitative estimate of drug-likeness (QED) is 0.603. The van der Waals surface area contributed by atoms with Crippen molar-refractivity contribution in [3.05, 3.63) is 12.2 Å². The number of carbonyl (C=O) groups excluding carboxylic acids is 1. The minimum Gasteiger partial charge on any atom is -0.478 e. The van der Waals surface area contributed by atoms with Crippen molar-refractivity contribution in [3.8, 4) is 0 Å². The number of carboxylic acid groups (broad SMARTS) is 1. The Morgan fingerprint density at radius 2 is 1.82 bits per heavy atom. The summed E-state index contributed by atoms with van der Waals surface area (Å²) in [6.07, 6.45) is 6.22. The molecule has 2 saturated carbocycles. The van der Waals surface area contributed by atoms with Gasteiger partial charge in [0.2, 0.25) is 0 Å². The van der Waals surface area contributed by atoms with Crippen LogP contribution in [0.1, 0.15) is 32.6 Å². The largest absolute Gasteiger partial charge is 0.478 e. The average Bonchev–Trinajstić information content (AvgIpc) is 2.81. The lowest BCUT2D eigenvalue weighted by Gasteiger charge is -2.18. The molecule has 0 unspecified atom stereocenters. The van der Waals surface area contributed by atoms with Crippen molar-refractivity contribution in [1.82, 2.24) is 0 Å². The third kappa shape index (κ3) is 2.68. The molecule has 0 bridgehead atoms. The Kier molecular flexibility index (Phi) is 3.50. The number of carboxylic acids is 1. The predicted molar refractivity (Wildman–Crippen MR) is 61.3 cm³/mol. The van der Waals surface area contributed by atoms with Crippen molar-refractivity contribution >= 4 is 11.9 Å². The second-order valence-electron chi connectivity index (χ2n) is 5.11. The van der Waals surface area contributed by atoms with E-state index < -0.39 is 11.9 Å². The first kappa shape index (κ1) is 12.1. The van der Waals surface area contributed by atoms with Gasteiger partial charge in [-0.2, -0.15) is 0 Å². The zero-order chi connectivity index (χ0) is 12.4. The zero-order valence-corrected chi connectivity index (χ0v) is 9.96. The first-order valence-corrected chi connectivity index (χ1v) is 6.19. The number of aliphatic carboxylic acids is 1. The van der Waals surface area contributed by atoms with E-state index in [0.29, 0.717) is 11.8 Å². The van der Waals surface area contributed by atoms with Crippen LogP contribution in [0.3, 0.4) is 0 Å². The van der Waals surface area contributed by atoms with Gasteiger partial charge in [-0.3, -0.25) is 0 Å². The molecular formula is C13H18O4. The summed E-state index contributed by atoms with van der Waals surface area (Å²) >= 11 is 0. The van der Waals surface area contributed by atoms with Crippen LogP contribution in [0.25, 0.3) is 0 Å². The molecule has 0 aromatic heterocycles. The van der Waals surface area contributed by atoms with Gasteiger partial charge in [-0.1, -0.05) is 13.3 Å². The Morgan fingerprint density at radius 1 is 1.12 bits per heavy atom. The molecule has 0 aromatic carbocycles. The van der Waals surface area contributed by atoms with E-state index in [-0.39, 0.29) is 6.10 Å². The molecule has 4 heteroatoms. The van der Waals surface area contributed by atoms with E-state index in [4.69, 9.17) is 9.84 Å². The Morgan fingerprint density at radius 3 is 2.53 bits per heavy atom. The molecule has 0 radical (unpaired) electrons. The molecular weight excluding hydrogens is 220 g/mol. The molecule has 0 aliphatic heterocycles. The van der Waals surface area contributed by atoms with Gasteiger partial charge in [-0.15, -0.1) is 0 Å². The summed E-state index contributed by atoms with van der Waals surface area (Å²) in [6.45, 7) is 2.26. The summed E-state index contributed by atoms with van der Waals surface area (Å²) in [5.41, 5.74) is 0. The predicted octanol–water partition coefficient (Wildman–Crippen LogP) is 2.00. The first-order chi connectivity index (χ1) is 8.08. The number of rotatable bonds is 3. The molecule has 2 aliphatic carbocycles. The normalized spacial score (nSPS) is 36.1. The van der Waals surface area contributed by atoms with Gasteiger partial charge in [-0.05, 0) is 37.0 Å². The Balaban J connectivity index is 1.88. The van der Waals surface area contributed by atoms with Crippen molar-refractivity contribution in [2.45, 2.75) is 38.7 Å². The van der Waals surface area contributed by atoms with E-state index in [9.17, 15) is 9.59 Å². The molecule has 17 heavy (non-hydrogen) atoms. The minimum atomic E-state index is -1.12. The van der Waals surface area contributed by atoms with E-state index in [1.807, 2.05) is 0 Å². The molecule has 4 nitrogen and oxygen atoms in total. The van der Waals surface area contributed by atoms with Gasteiger partial charge in [0.05, 0.1) is 0 Å². The van der Waals surface area contributed by atoms with Gasteiger partial charge >= 0.3 is 11.9 Å². The van der Waals surface area contributed by atoms with Crippen LogP contribution in [0, 0.1) is 17.8 Å². The Labute approximate surface area is 101 Å². The molecule has 0 heterocycles. The fraction of sp³-hybridized carbons (Fsp3) is 0.692. The van der Waals surface area contributed by atoms with Crippen LogP contribution in [-0.4, -0.2) is 23.1 Å². The monoisotopic (exact) mass is 238 g/mol. The summed E-state index contributed by atoms with van der Waals surface area (Å²) in [6, 6.07) is 0. The van der Waals surface area contributed by atoms with Crippen molar-refractivity contribution in [2.24, 2.45) is 17.8 Å². The maximum Gasteiger partial charge on any atom is 0.331 e. The molecule has 94 valence electrons. The van der Waals surface area contributed by atoms with Crippen LogP contribution in [0.2, 0.25) is 0 Å². The number of ether oxygens (including phenoxy) is 1. The smallest absolute Gasteiger partial charge is 0.331 e. The van der Waals surface area contributed by atoms with Crippen molar-refractivity contribution in [1.29, 1.82) is 0 Å². The summed E-state index contributed by atoms with van der Waals surface area (Å²) in [5, 5.41) is 8.41. The first-order valence-electron chi connectivity index (χ1n) is 6.19. The second-order valence-corrected chi connectivity index (χ2v) is 5.11. The maximum absolute atomic E-state index is 11.4. The fourth-order valence-corrected chi connectivity index (χ4v) is 3.31. The summed E-state index contributed by atoms with van der Waals surface area (Å²) in [4.78, 5) is 21.7. The van der Waals surface area contributed by atoms with Gasteiger partial charge < -0.3 is 9.84 Å². The molecule has 1 N–H and O–H groups in total. The van der Waals surface area contributed by atoms with Gasteiger partial charge in [0, 0.05) is 12.2 Å². The number of hydrogen-bond donors (Lipinski definition) is 1. The van der Waals surface area contributed by atoms with Crippen LogP contribution < -0.4 is 0 Å². The fourth-order valence-electron chi connectivity index (χ4n) is 3.31. The highest BCUT2D eigenvalue weighted by Crippen LogP contribution is 2.48. The average molecular weight is 238 g/mol. The summed E-state index contributed by atoms with van der Waals surface area (Å²) < 4.78 is 5.33. The van der Waals surface area contributed by atoms with Crippen LogP contribution in [0.15, 0.2) is 12.2 Å². The standard InChI is InChI=1S/C13H18O4/c1-8-2-3-10-9(8)4-5-11(10)17-13(16)7-6-12(14)15/h6-11H,2-5H2,1H3,(H,14,15)/t8-,9+,10-,11+/m0/s1. The molecule has 2 rings (SSSR count). The Bertz CT molecular complexity index is 347. The van der Waals surface area contributed by atoms with E-state index >= 15 is 0 Å². The van der Waals surface area contributed by atoms with E-state index in [1.54, 1.807) is 0 Å². The molecule has 2 aliphatic rings. The van der Waals surface area contributed by atoms with Crippen molar-refractivity contribution in [2.75, 3.05) is 0 Å². The molecule has 0 amide bonds. The van der Waals surface area contributed by atoms with Gasteiger partial charge in [0.15, 0.2) is 0 Å². The molecule has 2 fully saturated rings. The number of fused-ring (bicyclic) bond motifs is 1. The lowest BCUT2D eigenvalue weighted by atomic mass is 9.93. The highest BCUT2D eigenvalue weighted by atomic mass is 16.5. The minimum absolute atomic E-state index is 0.00380. The summed E-state index contributed by atoms with van der Waals surface area (Å²) in [5.74, 6) is 0.264. The van der Waals surface area contributed by atoms with Crippen molar-refractivity contribution in [3.63, 3.8) is 0 Å². The van der Waals surface area contributed by atoms with Crippen LogP contribution in [0.4, 0.5) is 0 Å². The lowest BCUT2D eigenvalue weighted by molar-refractivity contribution is -0.145. The van der Waals surface area contributed by atoms with Crippen molar-refractivity contribution < 1.29 is 19.4 Å². The summed E-state index contributed by atoms with van der Waals surface area (Å²) in [7, 11) is 0. The van der Waals surface area contributed by atoms with Crippen LogP contribution >= 0.6 is 0 Å². The molecule has 0 aromatic rings. The Hall–Kier alpha value is -1.32. The van der Waals surface area contributed by atoms with Gasteiger partial charge in [-0.25, -0.2) is 9.59 Å². The second kappa shape index (κ2) is 4.90. The van der Waals surface area contributed by atoms with Crippen LogP contribution in [0.5, 0.6) is 0 Å². The highest BCUT2D eigenvalue weighted by molar-refractivity contribution is 5.90. The van der Waals surface area contributed by atoms with E-state index in [2.05, 4.69) is 6.92 Å². The SMILES string of the molecule is C[C@H]1CC[C@H]2[C@@H]1CC[C@H]2OC(=O)C=CC(=O)O. The number of carbonyl (C=O) groups is 2.